The fraction of sp³-hybridized carbons (Fsp3) is 0.265. The van der Waals surface area contributed by atoms with E-state index in [1.54, 1.807) is 6.08 Å². The highest BCUT2D eigenvalue weighted by Gasteiger charge is 2.21. The molecule has 0 spiro atoms. The predicted molar refractivity (Wildman–Crippen MR) is 194 cm³/mol. The first kappa shape index (κ1) is 32.0. The van der Waals surface area contributed by atoms with E-state index >= 15 is 0 Å². The number of carbonyl (C=O) groups excluding carboxylic acids is 1. The number of piperazine rings is 1. The number of ether oxygens (including phenoxy) is 2. The number of nitriles is 1. The van der Waals surface area contributed by atoms with Gasteiger partial charge in [-0.15, -0.1) is 0 Å². The molecule has 0 saturated carbocycles. The summed E-state index contributed by atoms with van der Waals surface area (Å²) >= 11 is 3.73. The van der Waals surface area contributed by atoms with Crippen LogP contribution >= 0.6 is 34.4 Å². The molecular weight excluding hydrogens is 741 g/mol. The Bertz CT molecular complexity index is 2100. The van der Waals surface area contributed by atoms with Crippen LogP contribution < -0.4 is 25.4 Å². The first-order valence-corrected chi connectivity index (χ1v) is 17.4. The Labute approximate surface area is 295 Å². The number of amides is 1. The Morgan fingerprint density at radius 2 is 1.85 bits per heavy atom. The van der Waals surface area contributed by atoms with Gasteiger partial charge < -0.3 is 34.9 Å². The molecule has 0 atom stereocenters. The zero-order valence-electron chi connectivity index (χ0n) is 26.1. The summed E-state index contributed by atoms with van der Waals surface area (Å²) in [6.07, 6.45) is 3.62. The van der Waals surface area contributed by atoms with Crippen LogP contribution in [0.2, 0.25) is 0 Å². The Morgan fingerprint density at radius 3 is 2.67 bits per heavy atom. The minimum absolute atomic E-state index is 0.0469. The highest BCUT2D eigenvalue weighted by atomic mass is 127. The largest absolute Gasteiger partial charge is 0.454 e. The summed E-state index contributed by atoms with van der Waals surface area (Å²) in [5, 5.41) is 15.6. The number of aromatic nitrogens is 4. The molecule has 5 aromatic rings. The number of nitrogens with two attached hydrogens (primary N) is 1. The highest BCUT2D eigenvalue weighted by molar-refractivity contribution is 14.1. The maximum Gasteiger partial charge on any atom is 0.261 e. The molecular formula is C34H32IN9O3S. The molecule has 3 aromatic carbocycles. The topological polar surface area (TPSA) is 147 Å². The number of rotatable bonds is 9. The molecule has 12 nitrogen and oxygen atoms in total. The Hall–Kier alpha value is -4.59. The zero-order valence-corrected chi connectivity index (χ0v) is 29.1. The van der Waals surface area contributed by atoms with Gasteiger partial charge in [-0.1, -0.05) is 30.0 Å². The molecule has 1 saturated heterocycles. The zero-order chi connectivity index (χ0) is 33.2. The summed E-state index contributed by atoms with van der Waals surface area (Å²) < 4.78 is 14.0. The van der Waals surface area contributed by atoms with Crippen LogP contribution in [-0.2, 0) is 11.3 Å². The first-order chi connectivity index (χ1) is 23.4. The number of hydrogen-bond donors (Lipinski definition) is 2. The van der Waals surface area contributed by atoms with E-state index in [1.807, 2.05) is 34.9 Å². The number of halogens is 1. The van der Waals surface area contributed by atoms with E-state index in [2.05, 4.69) is 79.0 Å². The normalized spacial score (nSPS) is 14.9. The van der Waals surface area contributed by atoms with Gasteiger partial charge in [-0.05, 0) is 88.8 Å². The van der Waals surface area contributed by atoms with Crippen LogP contribution in [0, 0.1) is 14.9 Å². The van der Waals surface area contributed by atoms with Crippen molar-refractivity contribution in [1.29, 1.82) is 5.26 Å². The predicted octanol–water partition coefficient (Wildman–Crippen LogP) is 4.91. The Balaban J connectivity index is 1.02. The fourth-order valence-electron chi connectivity index (χ4n) is 5.74. The minimum atomic E-state index is -0.422. The van der Waals surface area contributed by atoms with E-state index in [0.717, 1.165) is 51.0 Å². The number of nitrogens with one attached hydrogen (secondary N) is 1. The van der Waals surface area contributed by atoms with Crippen LogP contribution in [0.25, 0.3) is 28.0 Å². The van der Waals surface area contributed by atoms with Crippen molar-refractivity contribution in [2.24, 2.45) is 0 Å². The van der Waals surface area contributed by atoms with Crippen LogP contribution in [0.15, 0.2) is 70.5 Å². The molecule has 0 aliphatic carbocycles. The van der Waals surface area contributed by atoms with E-state index in [1.165, 1.54) is 23.8 Å². The van der Waals surface area contributed by atoms with E-state index in [9.17, 15) is 10.1 Å². The monoisotopic (exact) mass is 773 g/mol. The third-order valence-electron chi connectivity index (χ3n) is 8.39. The number of hydrogen-bond acceptors (Lipinski definition) is 11. The van der Waals surface area contributed by atoms with Gasteiger partial charge in [0.1, 0.15) is 18.0 Å². The molecule has 0 unspecified atom stereocenters. The summed E-state index contributed by atoms with van der Waals surface area (Å²) in [4.78, 5) is 32.0. The van der Waals surface area contributed by atoms with Gasteiger partial charge in [-0.3, -0.25) is 4.79 Å². The third kappa shape index (κ3) is 6.71. The standard InChI is InChI=1S/C34H32IN9O3S/c1-42-9-11-43(12-10-42)25-6-5-22-13-21(3-4-23(22)15-25)14-24(18-36)33(45)38-7-2-8-44-32-30(31(37)39-19-40-32)41-34(44)48-29-17-28-27(16-26(29)35)46-20-47-28/h3-6,13-17,19H,2,7-12,20H2,1H3,(H,38,45)(H2,37,39,40). The van der Waals surface area contributed by atoms with E-state index in [0.29, 0.717) is 53.1 Å². The van der Waals surface area contributed by atoms with Crippen molar-refractivity contribution < 1.29 is 14.3 Å². The van der Waals surface area contributed by atoms with Gasteiger partial charge in [0.25, 0.3) is 5.91 Å². The number of nitrogen functional groups attached to an aromatic ring is 1. The number of aryl methyl sites for hydroxylation is 1. The Morgan fingerprint density at radius 1 is 1.08 bits per heavy atom. The molecule has 0 radical (unpaired) electrons. The van der Waals surface area contributed by atoms with Gasteiger partial charge >= 0.3 is 0 Å². The van der Waals surface area contributed by atoms with E-state index in [4.69, 9.17) is 20.2 Å². The summed E-state index contributed by atoms with van der Waals surface area (Å²) in [6, 6.07) is 18.4. The quantitative estimate of drug-likeness (QED) is 0.0912. The maximum atomic E-state index is 13.0. The average Bonchev–Trinajstić information content (AvgIpc) is 3.70. The van der Waals surface area contributed by atoms with E-state index < -0.39 is 5.91 Å². The summed E-state index contributed by atoms with van der Waals surface area (Å²) in [5.41, 5.74) is 9.32. The van der Waals surface area contributed by atoms with Crippen LogP contribution in [0.4, 0.5) is 11.5 Å². The molecule has 2 aliphatic heterocycles. The van der Waals surface area contributed by atoms with Crippen molar-refractivity contribution in [1.82, 2.24) is 29.7 Å². The molecule has 2 aromatic heterocycles. The highest BCUT2D eigenvalue weighted by Crippen LogP contribution is 2.41. The van der Waals surface area contributed by atoms with Gasteiger partial charge in [0.05, 0.1) is 0 Å². The van der Waals surface area contributed by atoms with Crippen molar-refractivity contribution >= 4 is 79.8 Å². The van der Waals surface area contributed by atoms with Gasteiger partial charge in [0.2, 0.25) is 6.79 Å². The molecule has 1 amide bonds. The maximum absolute atomic E-state index is 13.0. The molecule has 0 bridgehead atoms. The Kier molecular flexibility index (Phi) is 9.24. The molecule has 3 N–H and O–H groups in total. The summed E-state index contributed by atoms with van der Waals surface area (Å²) in [7, 11) is 2.15. The van der Waals surface area contributed by atoms with E-state index in [-0.39, 0.29) is 12.4 Å². The van der Waals surface area contributed by atoms with Gasteiger partial charge in [0.15, 0.2) is 33.6 Å². The summed E-state index contributed by atoms with van der Waals surface area (Å²) in [5.74, 6) is 1.27. The molecule has 2 aliphatic rings. The van der Waals surface area contributed by atoms with Crippen LogP contribution in [0.3, 0.4) is 0 Å². The second kappa shape index (κ2) is 13.9. The molecule has 7 rings (SSSR count). The number of nitrogens with zero attached hydrogens (tertiary/aromatic N) is 7. The van der Waals surface area contributed by atoms with Crippen molar-refractivity contribution in [2.45, 2.75) is 23.0 Å². The number of fused-ring (bicyclic) bond motifs is 3. The molecule has 1 fully saturated rings. The number of imidazole rings is 1. The molecule has 4 heterocycles. The first-order valence-electron chi connectivity index (χ1n) is 15.5. The summed E-state index contributed by atoms with van der Waals surface area (Å²) in [6.45, 7) is 5.15. The minimum Gasteiger partial charge on any atom is -0.454 e. The molecule has 14 heteroatoms. The van der Waals surface area contributed by atoms with Crippen molar-refractivity contribution in [3.8, 4) is 17.6 Å². The second-order valence-corrected chi connectivity index (χ2v) is 13.7. The number of carbonyl (C=O) groups is 1. The molecule has 48 heavy (non-hydrogen) atoms. The third-order valence-corrected chi connectivity index (χ3v) is 10.7. The lowest BCUT2D eigenvalue weighted by molar-refractivity contribution is -0.117. The lowest BCUT2D eigenvalue weighted by atomic mass is 10.0. The van der Waals surface area contributed by atoms with Crippen molar-refractivity contribution in [3.05, 3.63) is 69.6 Å². The van der Waals surface area contributed by atoms with Gasteiger partial charge in [0, 0.05) is 53.4 Å². The lowest BCUT2D eigenvalue weighted by Gasteiger charge is -2.34. The van der Waals surface area contributed by atoms with Crippen LogP contribution in [0.1, 0.15) is 12.0 Å². The second-order valence-electron chi connectivity index (χ2n) is 11.6. The van der Waals surface area contributed by atoms with Crippen LogP contribution in [-0.4, -0.2) is 76.9 Å². The van der Waals surface area contributed by atoms with Gasteiger partial charge in [-0.25, -0.2) is 15.0 Å². The van der Waals surface area contributed by atoms with Crippen molar-refractivity contribution in [3.63, 3.8) is 0 Å². The van der Waals surface area contributed by atoms with Gasteiger partial charge in [-0.2, -0.15) is 5.26 Å². The number of anilines is 2. The van der Waals surface area contributed by atoms with Crippen molar-refractivity contribution in [2.75, 3.05) is 57.2 Å². The van der Waals surface area contributed by atoms with Crippen LogP contribution in [0.5, 0.6) is 11.5 Å². The average molecular weight is 774 g/mol. The fourth-order valence-corrected chi connectivity index (χ4v) is 7.45. The number of benzene rings is 3. The smallest absolute Gasteiger partial charge is 0.261 e. The lowest BCUT2D eigenvalue weighted by Crippen LogP contribution is -2.44. The number of likely N-dealkylation sites (N-methyl/N-ethyl adjacent to an activating group) is 1. The molecule has 244 valence electrons. The SMILES string of the molecule is CN1CCN(c2ccc3cc(C=C(C#N)C(=O)NCCCn4c(Sc5cc6c(cc5I)OCO6)nc5c(N)ncnc54)ccc3c2)CC1.